The van der Waals surface area contributed by atoms with Crippen LogP contribution in [0.3, 0.4) is 0 Å². The van der Waals surface area contributed by atoms with Crippen LogP contribution < -0.4 is 5.73 Å². The van der Waals surface area contributed by atoms with Crippen molar-refractivity contribution in [3.05, 3.63) is 0 Å². The Morgan fingerprint density at radius 1 is 1.05 bits per heavy atom. The van der Waals surface area contributed by atoms with Crippen LogP contribution >= 0.6 is 0 Å². The number of hydrogen-bond donors (Lipinski definition) is 2. The molecule has 2 fully saturated rings. The molecular weight excluding hydrogens is 246 g/mol. The Morgan fingerprint density at radius 2 is 1.60 bits per heavy atom. The van der Waals surface area contributed by atoms with Crippen LogP contribution in [0.4, 0.5) is 0 Å². The quantitative estimate of drug-likeness (QED) is 0.809. The number of hydrogen-bond acceptors (Lipinski definition) is 2. The largest absolute Gasteiger partial charge is 0.389 e. The molecule has 2 heteroatoms. The summed E-state index contributed by atoms with van der Waals surface area (Å²) in [5, 5.41) is 11.3. The zero-order chi connectivity index (χ0) is 14.9. The molecule has 0 saturated heterocycles. The zero-order valence-electron chi connectivity index (χ0n) is 13.9. The highest BCUT2D eigenvalue weighted by atomic mass is 16.3. The molecule has 0 aliphatic heterocycles. The third-order valence-electron chi connectivity index (χ3n) is 7.02. The van der Waals surface area contributed by atoms with Crippen molar-refractivity contribution in [2.45, 2.75) is 90.6 Å². The van der Waals surface area contributed by atoms with E-state index in [2.05, 4.69) is 20.8 Å². The molecule has 0 atom stereocenters. The van der Waals surface area contributed by atoms with Crippen molar-refractivity contribution < 1.29 is 5.11 Å². The fourth-order valence-electron chi connectivity index (χ4n) is 4.78. The Hall–Kier alpha value is -0.0800. The number of aliphatic hydroxyl groups is 1. The zero-order valence-corrected chi connectivity index (χ0v) is 13.9. The Morgan fingerprint density at radius 3 is 2.05 bits per heavy atom. The summed E-state index contributed by atoms with van der Waals surface area (Å²) < 4.78 is 0. The molecule has 0 heterocycles. The highest BCUT2D eigenvalue weighted by molar-refractivity contribution is 5.04. The van der Waals surface area contributed by atoms with Gasteiger partial charge in [-0.2, -0.15) is 0 Å². The molecule has 0 bridgehead atoms. The second kappa shape index (κ2) is 5.96. The van der Waals surface area contributed by atoms with Crippen LogP contribution in [0.5, 0.6) is 0 Å². The van der Waals surface area contributed by atoms with Crippen molar-refractivity contribution in [1.29, 1.82) is 0 Å². The van der Waals surface area contributed by atoms with Crippen molar-refractivity contribution in [3.8, 4) is 0 Å². The first-order valence-electron chi connectivity index (χ1n) is 8.82. The van der Waals surface area contributed by atoms with E-state index in [1.54, 1.807) is 0 Å². The van der Waals surface area contributed by atoms with Crippen LogP contribution in [0.15, 0.2) is 0 Å². The van der Waals surface area contributed by atoms with Crippen molar-refractivity contribution in [1.82, 2.24) is 0 Å². The summed E-state index contributed by atoms with van der Waals surface area (Å²) in [5.74, 6) is 0.770. The van der Waals surface area contributed by atoms with E-state index in [-0.39, 0.29) is 5.41 Å². The number of nitrogens with two attached hydrogens (primary N) is 1. The topological polar surface area (TPSA) is 46.2 Å². The Balaban J connectivity index is 2.06. The molecule has 0 aromatic heterocycles. The average molecular weight is 281 g/mol. The molecule has 118 valence electrons. The predicted molar refractivity (Wildman–Crippen MR) is 85.6 cm³/mol. The normalized spacial score (nSPS) is 35.0. The van der Waals surface area contributed by atoms with Crippen LogP contribution in [-0.2, 0) is 0 Å². The fourth-order valence-corrected chi connectivity index (χ4v) is 4.78. The Labute approximate surface area is 125 Å². The van der Waals surface area contributed by atoms with Gasteiger partial charge in [0.25, 0.3) is 0 Å². The third kappa shape index (κ3) is 2.78. The van der Waals surface area contributed by atoms with E-state index in [9.17, 15) is 5.11 Å². The molecule has 3 N–H and O–H groups in total. The molecule has 2 nitrogen and oxygen atoms in total. The van der Waals surface area contributed by atoms with E-state index in [0.29, 0.717) is 12.0 Å². The molecular formula is C18H35NO. The lowest BCUT2D eigenvalue weighted by atomic mass is 9.55. The van der Waals surface area contributed by atoms with Gasteiger partial charge in [0, 0.05) is 12.0 Å². The predicted octanol–water partition coefficient (Wildman–Crippen LogP) is 4.25. The number of rotatable bonds is 4. The maximum atomic E-state index is 11.3. The van der Waals surface area contributed by atoms with Crippen molar-refractivity contribution in [2.75, 3.05) is 6.54 Å². The molecule has 0 unspecified atom stereocenters. The summed E-state index contributed by atoms with van der Waals surface area (Å²) >= 11 is 0. The first-order valence-corrected chi connectivity index (χ1v) is 8.82. The van der Waals surface area contributed by atoms with Crippen LogP contribution in [0, 0.1) is 16.7 Å². The molecule has 2 rings (SSSR count). The van der Waals surface area contributed by atoms with E-state index in [1.807, 2.05) is 0 Å². The van der Waals surface area contributed by atoms with Gasteiger partial charge in [-0.3, -0.25) is 0 Å². The van der Waals surface area contributed by atoms with E-state index >= 15 is 0 Å². The van der Waals surface area contributed by atoms with Gasteiger partial charge in [0.05, 0.1) is 5.60 Å². The SMILES string of the molecule is CCC(C)(C)C1CCC(O)(C2(CN)CCCCC2)CC1. The van der Waals surface area contributed by atoms with Gasteiger partial charge in [-0.1, -0.05) is 46.5 Å². The second-order valence-electron chi connectivity index (χ2n) is 8.19. The molecule has 2 aliphatic carbocycles. The molecule has 0 radical (unpaired) electrons. The molecule has 20 heavy (non-hydrogen) atoms. The lowest BCUT2D eigenvalue weighted by Gasteiger charge is -2.53. The van der Waals surface area contributed by atoms with Gasteiger partial charge < -0.3 is 10.8 Å². The molecule has 0 amide bonds. The molecule has 0 aromatic rings. The standard InChI is InChI=1S/C18H35NO/c1-4-16(2,3)15-8-12-18(20,13-9-15)17(14-19)10-6-5-7-11-17/h15,20H,4-14,19H2,1-3H3. The fraction of sp³-hybridized carbons (Fsp3) is 1.00. The van der Waals surface area contributed by atoms with Gasteiger partial charge in [-0.15, -0.1) is 0 Å². The monoisotopic (exact) mass is 281 g/mol. The van der Waals surface area contributed by atoms with Crippen LogP contribution in [0.25, 0.3) is 0 Å². The first kappa shape index (κ1) is 16.3. The minimum atomic E-state index is -0.484. The highest BCUT2D eigenvalue weighted by Crippen LogP contribution is 2.53. The Kier molecular flexibility index (Phi) is 4.86. The molecule has 2 saturated carbocycles. The van der Waals surface area contributed by atoms with Gasteiger partial charge in [-0.05, 0) is 49.9 Å². The first-order chi connectivity index (χ1) is 9.39. The van der Waals surface area contributed by atoms with Gasteiger partial charge >= 0.3 is 0 Å². The third-order valence-corrected chi connectivity index (χ3v) is 7.02. The van der Waals surface area contributed by atoms with Crippen LogP contribution in [0.1, 0.15) is 85.0 Å². The summed E-state index contributed by atoms with van der Waals surface area (Å²) in [6.45, 7) is 7.75. The lowest BCUT2D eigenvalue weighted by molar-refractivity contribution is -0.135. The molecule has 0 aromatic carbocycles. The summed E-state index contributed by atoms with van der Waals surface area (Å²) in [5.41, 5.74) is 6.10. The average Bonchev–Trinajstić information content (AvgIpc) is 2.48. The van der Waals surface area contributed by atoms with Gasteiger partial charge in [-0.25, -0.2) is 0 Å². The van der Waals surface area contributed by atoms with E-state index in [1.165, 1.54) is 38.5 Å². The van der Waals surface area contributed by atoms with Crippen molar-refractivity contribution in [2.24, 2.45) is 22.5 Å². The van der Waals surface area contributed by atoms with Gasteiger partial charge in [0.2, 0.25) is 0 Å². The lowest BCUT2D eigenvalue weighted by Crippen LogP contribution is -2.55. The maximum Gasteiger partial charge on any atom is 0.0716 e. The van der Waals surface area contributed by atoms with Crippen molar-refractivity contribution >= 4 is 0 Å². The van der Waals surface area contributed by atoms with Crippen LogP contribution in [0.2, 0.25) is 0 Å². The smallest absolute Gasteiger partial charge is 0.0716 e. The Bertz CT molecular complexity index is 309. The van der Waals surface area contributed by atoms with Gasteiger partial charge in [0.15, 0.2) is 0 Å². The van der Waals surface area contributed by atoms with E-state index in [0.717, 1.165) is 31.6 Å². The summed E-state index contributed by atoms with van der Waals surface area (Å²) in [4.78, 5) is 0. The minimum Gasteiger partial charge on any atom is -0.389 e. The van der Waals surface area contributed by atoms with E-state index in [4.69, 9.17) is 5.73 Å². The highest BCUT2D eigenvalue weighted by Gasteiger charge is 2.51. The van der Waals surface area contributed by atoms with Crippen LogP contribution in [-0.4, -0.2) is 17.3 Å². The van der Waals surface area contributed by atoms with Crippen molar-refractivity contribution in [3.63, 3.8) is 0 Å². The van der Waals surface area contributed by atoms with E-state index < -0.39 is 5.60 Å². The van der Waals surface area contributed by atoms with Gasteiger partial charge in [0.1, 0.15) is 0 Å². The maximum absolute atomic E-state index is 11.3. The summed E-state index contributed by atoms with van der Waals surface area (Å²) in [7, 11) is 0. The summed E-state index contributed by atoms with van der Waals surface area (Å²) in [6.07, 6.45) is 11.6. The second-order valence-corrected chi connectivity index (χ2v) is 8.19. The molecule has 2 aliphatic rings. The minimum absolute atomic E-state index is 0.0204. The summed E-state index contributed by atoms with van der Waals surface area (Å²) in [6, 6.07) is 0. The molecule has 0 spiro atoms.